The van der Waals surface area contributed by atoms with Gasteiger partial charge in [0.05, 0.1) is 5.92 Å². The molecule has 2 amide bonds. The molecule has 1 aliphatic carbocycles. The summed E-state index contributed by atoms with van der Waals surface area (Å²) in [6.07, 6.45) is 4.96. The summed E-state index contributed by atoms with van der Waals surface area (Å²) >= 11 is 0. The van der Waals surface area contributed by atoms with Crippen molar-refractivity contribution < 1.29 is 9.59 Å². The molecule has 1 fully saturated rings. The van der Waals surface area contributed by atoms with Crippen molar-refractivity contribution in [1.29, 1.82) is 0 Å². The number of likely N-dealkylation sites (tertiary alicyclic amines) is 1. The van der Waals surface area contributed by atoms with Crippen molar-refractivity contribution in [2.45, 2.75) is 31.6 Å². The van der Waals surface area contributed by atoms with Crippen LogP contribution >= 0.6 is 0 Å². The summed E-state index contributed by atoms with van der Waals surface area (Å²) in [7, 11) is 0. The van der Waals surface area contributed by atoms with Crippen LogP contribution in [0.4, 0.5) is 5.82 Å². The van der Waals surface area contributed by atoms with E-state index in [2.05, 4.69) is 22.4 Å². The van der Waals surface area contributed by atoms with Gasteiger partial charge in [-0.25, -0.2) is 4.98 Å². The first kappa shape index (κ1) is 16.8. The number of nitrogens with zero attached hydrogens (tertiary/aromatic N) is 2. The number of hydrogen-bond donors (Lipinski definition) is 1. The molecule has 2 heterocycles. The zero-order chi connectivity index (χ0) is 17.9. The second-order valence-corrected chi connectivity index (χ2v) is 7.09. The molecule has 5 heteroatoms. The average molecular weight is 349 g/mol. The third-order valence-electron chi connectivity index (χ3n) is 5.52. The van der Waals surface area contributed by atoms with Crippen LogP contribution in [0.2, 0.25) is 0 Å². The summed E-state index contributed by atoms with van der Waals surface area (Å²) in [5.74, 6) is 0.737. The number of anilines is 1. The number of hydrogen-bond acceptors (Lipinski definition) is 3. The van der Waals surface area contributed by atoms with Crippen LogP contribution in [-0.4, -0.2) is 34.8 Å². The van der Waals surface area contributed by atoms with Crippen LogP contribution in [0.5, 0.6) is 0 Å². The molecule has 0 spiro atoms. The molecule has 2 aromatic rings. The summed E-state index contributed by atoms with van der Waals surface area (Å²) in [4.78, 5) is 31.4. The van der Waals surface area contributed by atoms with Crippen molar-refractivity contribution in [2.75, 3.05) is 18.4 Å². The van der Waals surface area contributed by atoms with E-state index < -0.39 is 0 Å². The van der Waals surface area contributed by atoms with Crippen LogP contribution in [0.3, 0.4) is 0 Å². The molecule has 1 aliphatic heterocycles. The van der Waals surface area contributed by atoms with Crippen molar-refractivity contribution in [3.05, 3.63) is 59.8 Å². The molecule has 26 heavy (non-hydrogen) atoms. The van der Waals surface area contributed by atoms with Gasteiger partial charge in [0.15, 0.2) is 0 Å². The van der Waals surface area contributed by atoms with E-state index in [1.807, 2.05) is 29.2 Å². The quantitative estimate of drug-likeness (QED) is 0.927. The fraction of sp³-hybridized carbons (Fsp3) is 0.381. The summed E-state index contributed by atoms with van der Waals surface area (Å²) < 4.78 is 0. The Bertz CT molecular complexity index is 798. The topological polar surface area (TPSA) is 62.3 Å². The Hall–Kier alpha value is -2.69. The van der Waals surface area contributed by atoms with Gasteiger partial charge in [0, 0.05) is 25.2 Å². The standard InChI is InChI=1S/C21H23N3O2/c25-20(23-19-7-3-4-12-22-19)16-10-13-24(14-11-16)21(26)18-9-8-15-5-1-2-6-17(15)18/h1-7,12,16,18H,8-11,13-14H2,(H,22,23,25). The highest BCUT2D eigenvalue weighted by atomic mass is 16.2. The van der Waals surface area contributed by atoms with Gasteiger partial charge < -0.3 is 10.2 Å². The number of aromatic nitrogens is 1. The highest BCUT2D eigenvalue weighted by Gasteiger charge is 2.34. The lowest BCUT2D eigenvalue weighted by Crippen LogP contribution is -2.43. The zero-order valence-electron chi connectivity index (χ0n) is 14.7. The zero-order valence-corrected chi connectivity index (χ0v) is 14.7. The molecule has 0 radical (unpaired) electrons. The monoisotopic (exact) mass is 349 g/mol. The van der Waals surface area contributed by atoms with Gasteiger partial charge in [-0.05, 0) is 48.9 Å². The Kier molecular flexibility index (Phi) is 4.69. The predicted octanol–water partition coefficient (Wildman–Crippen LogP) is 2.99. The minimum absolute atomic E-state index is 0.00186. The summed E-state index contributed by atoms with van der Waals surface area (Å²) in [6.45, 7) is 1.30. The molecular weight excluding hydrogens is 326 g/mol. The fourth-order valence-electron chi connectivity index (χ4n) is 4.06. The number of benzene rings is 1. The Labute approximate surface area is 153 Å². The maximum Gasteiger partial charge on any atom is 0.230 e. The van der Waals surface area contributed by atoms with Crippen molar-refractivity contribution in [3.63, 3.8) is 0 Å². The lowest BCUT2D eigenvalue weighted by Gasteiger charge is -2.33. The van der Waals surface area contributed by atoms with E-state index >= 15 is 0 Å². The second-order valence-electron chi connectivity index (χ2n) is 7.09. The molecule has 1 saturated heterocycles. The molecule has 5 nitrogen and oxygen atoms in total. The number of aryl methyl sites for hydroxylation is 1. The Morgan fingerprint density at radius 3 is 2.54 bits per heavy atom. The molecule has 1 aromatic carbocycles. The maximum absolute atomic E-state index is 12.9. The minimum Gasteiger partial charge on any atom is -0.342 e. The number of carbonyl (C=O) groups excluding carboxylic acids is 2. The van der Waals surface area contributed by atoms with E-state index in [4.69, 9.17) is 0 Å². The molecule has 2 aliphatic rings. The average Bonchev–Trinajstić information content (AvgIpc) is 3.12. The van der Waals surface area contributed by atoms with Gasteiger partial charge in [-0.1, -0.05) is 30.3 Å². The van der Waals surface area contributed by atoms with Crippen LogP contribution in [-0.2, 0) is 16.0 Å². The van der Waals surface area contributed by atoms with Crippen LogP contribution in [0.25, 0.3) is 0 Å². The van der Waals surface area contributed by atoms with Gasteiger partial charge in [-0.3, -0.25) is 9.59 Å². The van der Waals surface area contributed by atoms with Crippen LogP contribution in [0.15, 0.2) is 48.7 Å². The number of nitrogens with one attached hydrogen (secondary N) is 1. The second kappa shape index (κ2) is 7.28. The first-order valence-electron chi connectivity index (χ1n) is 9.31. The van der Waals surface area contributed by atoms with Gasteiger partial charge >= 0.3 is 0 Å². The Morgan fingerprint density at radius 2 is 1.77 bits per heavy atom. The van der Waals surface area contributed by atoms with Crippen LogP contribution in [0.1, 0.15) is 36.3 Å². The number of rotatable bonds is 3. The van der Waals surface area contributed by atoms with E-state index in [1.54, 1.807) is 12.3 Å². The fourth-order valence-corrected chi connectivity index (χ4v) is 4.06. The van der Waals surface area contributed by atoms with E-state index in [0.29, 0.717) is 31.7 Å². The molecule has 0 saturated carbocycles. The molecule has 0 bridgehead atoms. The smallest absolute Gasteiger partial charge is 0.230 e. The van der Waals surface area contributed by atoms with Gasteiger partial charge in [-0.2, -0.15) is 0 Å². The third kappa shape index (κ3) is 3.34. The molecule has 134 valence electrons. The molecule has 4 rings (SSSR count). The largest absolute Gasteiger partial charge is 0.342 e. The van der Waals surface area contributed by atoms with Crippen molar-refractivity contribution in [2.24, 2.45) is 5.92 Å². The minimum atomic E-state index is -0.0584. The number of amides is 2. The van der Waals surface area contributed by atoms with E-state index in [9.17, 15) is 9.59 Å². The summed E-state index contributed by atoms with van der Waals surface area (Å²) in [5.41, 5.74) is 2.49. The number of fused-ring (bicyclic) bond motifs is 1. The normalized spacial score (nSPS) is 19.8. The van der Waals surface area contributed by atoms with Gasteiger partial charge in [0.25, 0.3) is 0 Å². The number of pyridine rings is 1. The highest BCUT2D eigenvalue weighted by molar-refractivity contribution is 5.92. The lowest BCUT2D eigenvalue weighted by atomic mass is 9.93. The highest BCUT2D eigenvalue weighted by Crippen LogP contribution is 2.35. The van der Waals surface area contributed by atoms with Crippen molar-refractivity contribution in [1.82, 2.24) is 9.88 Å². The molecule has 1 N–H and O–H groups in total. The number of carbonyl (C=O) groups is 2. The maximum atomic E-state index is 12.9. The first-order chi connectivity index (χ1) is 12.7. The van der Waals surface area contributed by atoms with E-state index in [0.717, 1.165) is 12.8 Å². The summed E-state index contributed by atoms with van der Waals surface area (Å²) in [5, 5.41) is 2.87. The molecular formula is C21H23N3O2. The summed E-state index contributed by atoms with van der Waals surface area (Å²) in [6, 6.07) is 13.7. The van der Waals surface area contributed by atoms with E-state index in [-0.39, 0.29) is 23.7 Å². The van der Waals surface area contributed by atoms with E-state index in [1.165, 1.54) is 11.1 Å². The van der Waals surface area contributed by atoms with Crippen molar-refractivity contribution in [3.8, 4) is 0 Å². The first-order valence-corrected chi connectivity index (χ1v) is 9.31. The predicted molar refractivity (Wildman–Crippen MR) is 99.7 cm³/mol. The van der Waals surface area contributed by atoms with Crippen LogP contribution in [0, 0.1) is 5.92 Å². The lowest BCUT2D eigenvalue weighted by molar-refractivity contribution is -0.135. The van der Waals surface area contributed by atoms with Gasteiger partial charge in [0.2, 0.25) is 11.8 Å². The van der Waals surface area contributed by atoms with Gasteiger partial charge in [-0.15, -0.1) is 0 Å². The van der Waals surface area contributed by atoms with Crippen molar-refractivity contribution >= 4 is 17.6 Å². The van der Waals surface area contributed by atoms with Crippen LogP contribution < -0.4 is 5.32 Å². The molecule has 1 unspecified atom stereocenters. The van der Waals surface area contributed by atoms with Gasteiger partial charge in [0.1, 0.15) is 5.82 Å². The number of piperidine rings is 1. The Balaban J connectivity index is 1.34. The Morgan fingerprint density at radius 1 is 1.00 bits per heavy atom. The SMILES string of the molecule is O=C(Nc1ccccn1)C1CCN(C(=O)C2CCc3ccccc32)CC1. The molecule has 1 aromatic heterocycles. The third-order valence-corrected chi connectivity index (χ3v) is 5.52. The molecule has 1 atom stereocenters.